The highest BCUT2D eigenvalue weighted by molar-refractivity contribution is 5.62. The fourth-order valence-corrected chi connectivity index (χ4v) is 1.76. The number of hydrogen-bond acceptors (Lipinski definition) is 6. The van der Waals surface area contributed by atoms with E-state index in [9.17, 15) is 0 Å². The van der Waals surface area contributed by atoms with Crippen LogP contribution in [0.1, 0.15) is 5.82 Å². The van der Waals surface area contributed by atoms with E-state index in [2.05, 4.69) is 20.1 Å². The molecule has 0 bridgehead atoms. The average molecular weight is 268 g/mol. The fourth-order valence-electron chi connectivity index (χ4n) is 1.76. The van der Waals surface area contributed by atoms with Crippen molar-refractivity contribution < 1.29 is 9.26 Å². The molecule has 0 aliphatic rings. The van der Waals surface area contributed by atoms with E-state index >= 15 is 0 Å². The molecular formula is C14H12N4O2. The Labute approximate surface area is 115 Å². The maximum absolute atomic E-state index is 5.10. The molecule has 0 unspecified atom stereocenters. The van der Waals surface area contributed by atoms with Gasteiger partial charge in [0.25, 0.3) is 5.89 Å². The van der Waals surface area contributed by atoms with Gasteiger partial charge in [-0.1, -0.05) is 5.16 Å². The maximum atomic E-state index is 5.10. The van der Waals surface area contributed by atoms with Crippen LogP contribution in [0.4, 0.5) is 0 Å². The summed E-state index contributed by atoms with van der Waals surface area (Å²) in [5, 5.41) is 3.75. The summed E-state index contributed by atoms with van der Waals surface area (Å²) in [6, 6.07) is 7.48. The van der Waals surface area contributed by atoms with E-state index in [1.807, 2.05) is 18.2 Å². The van der Waals surface area contributed by atoms with Crippen LogP contribution in [-0.2, 0) is 0 Å². The summed E-state index contributed by atoms with van der Waals surface area (Å²) in [4.78, 5) is 12.7. The third-order valence-electron chi connectivity index (χ3n) is 2.78. The minimum atomic E-state index is 0.467. The van der Waals surface area contributed by atoms with Gasteiger partial charge in [-0.2, -0.15) is 4.98 Å². The third kappa shape index (κ3) is 2.35. The molecule has 0 saturated carbocycles. The lowest BCUT2D eigenvalue weighted by molar-refractivity contribution is 0.398. The molecule has 3 aromatic heterocycles. The molecule has 6 nitrogen and oxygen atoms in total. The quantitative estimate of drug-likeness (QED) is 0.726. The molecule has 0 amide bonds. The highest BCUT2D eigenvalue weighted by atomic mass is 16.5. The van der Waals surface area contributed by atoms with Crippen molar-refractivity contribution in [1.82, 2.24) is 20.1 Å². The maximum Gasteiger partial charge on any atom is 0.259 e. The van der Waals surface area contributed by atoms with Crippen molar-refractivity contribution in [3.63, 3.8) is 0 Å². The van der Waals surface area contributed by atoms with Crippen molar-refractivity contribution in [2.24, 2.45) is 0 Å². The fraction of sp³-hybridized carbons (Fsp3) is 0.143. The van der Waals surface area contributed by atoms with Crippen LogP contribution in [0.25, 0.3) is 22.7 Å². The highest BCUT2D eigenvalue weighted by Crippen LogP contribution is 2.21. The second kappa shape index (κ2) is 5.08. The van der Waals surface area contributed by atoms with Crippen LogP contribution in [-0.4, -0.2) is 27.2 Å². The molecule has 0 aliphatic heterocycles. The Bertz CT molecular complexity index is 705. The van der Waals surface area contributed by atoms with Crippen LogP contribution in [0.2, 0.25) is 0 Å². The summed E-state index contributed by atoms with van der Waals surface area (Å²) < 4.78 is 10.1. The van der Waals surface area contributed by atoms with E-state index in [1.165, 1.54) is 0 Å². The molecule has 6 heteroatoms. The lowest BCUT2D eigenvalue weighted by Gasteiger charge is -2.02. The van der Waals surface area contributed by atoms with Crippen molar-refractivity contribution in [2.45, 2.75) is 6.92 Å². The van der Waals surface area contributed by atoms with Gasteiger partial charge in [0, 0.05) is 24.0 Å². The number of methoxy groups -OCH3 is 1. The number of aryl methyl sites for hydroxylation is 1. The smallest absolute Gasteiger partial charge is 0.259 e. The van der Waals surface area contributed by atoms with Crippen LogP contribution in [0.3, 0.4) is 0 Å². The molecule has 3 rings (SSSR count). The minimum absolute atomic E-state index is 0.467. The van der Waals surface area contributed by atoms with Crippen LogP contribution in [0, 0.1) is 6.92 Å². The van der Waals surface area contributed by atoms with Crippen LogP contribution < -0.4 is 4.74 Å². The highest BCUT2D eigenvalue weighted by Gasteiger charge is 2.07. The first kappa shape index (κ1) is 12.3. The van der Waals surface area contributed by atoms with Crippen LogP contribution >= 0.6 is 0 Å². The van der Waals surface area contributed by atoms with E-state index in [-0.39, 0.29) is 0 Å². The molecule has 0 aromatic carbocycles. The average Bonchev–Trinajstić information content (AvgIpc) is 2.94. The first-order valence-corrected chi connectivity index (χ1v) is 6.03. The zero-order chi connectivity index (χ0) is 13.9. The number of ether oxygens (including phenoxy) is 1. The molecule has 0 saturated heterocycles. The van der Waals surface area contributed by atoms with Crippen molar-refractivity contribution in [3.8, 4) is 28.6 Å². The molecule has 0 atom stereocenters. The Morgan fingerprint density at radius 2 is 1.80 bits per heavy atom. The Hall–Kier alpha value is -2.76. The zero-order valence-electron chi connectivity index (χ0n) is 11.1. The van der Waals surface area contributed by atoms with Gasteiger partial charge in [-0.15, -0.1) is 0 Å². The van der Waals surface area contributed by atoms with Crippen molar-refractivity contribution in [1.29, 1.82) is 0 Å². The number of nitrogens with zero attached hydrogens (tertiary/aromatic N) is 4. The Balaban J connectivity index is 1.88. The normalized spacial score (nSPS) is 10.5. The second-order valence-electron chi connectivity index (χ2n) is 4.17. The zero-order valence-corrected chi connectivity index (χ0v) is 11.1. The predicted molar refractivity (Wildman–Crippen MR) is 72.0 cm³/mol. The molecule has 0 radical (unpaired) electrons. The standard InChI is InChI=1S/C14H12N4O2/c1-9-17-14(20-18-9)11-3-5-12(15-8-11)10-4-6-13(19-2)16-7-10/h3-8H,1-2H3. The number of aromatic nitrogens is 4. The number of rotatable bonds is 3. The van der Waals surface area contributed by atoms with Gasteiger partial charge in [0.05, 0.1) is 18.4 Å². The Morgan fingerprint density at radius 3 is 2.35 bits per heavy atom. The van der Waals surface area contributed by atoms with E-state index < -0.39 is 0 Å². The minimum Gasteiger partial charge on any atom is -0.481 e. The topological polar surface area (TPSA) is 73.9 Å². The summed E-state index contributed by atoms with van der Waals surface area (Å²) in [6.07, 6.45) is 3.42. The molecule has 0 fully saturated rings. The Morgan fingerprint density at radius 1 is 1.00 bits per heavy atom. The van der Waals surface area contributed by atoms with E-state index in [1.54, 1.807) is 32.5 Å². The van der Waals surface area contributed by atoms with Gasteiger partial charge >= 0.3 is 0 Å². The van der Waals surface area contributed by atoms with Crippen molar-refractivity contribution in [2.75, 3.05) is 7.11 Å². The Kier molecular flexibility index (Phi) is 3.12. The van der Waals surface area contributed by atoms with Crippen LogP contribution in [0.15, 0.2) is 41.2 Å². The molecule has 20 heavy (non-hydrogen) atoms. The molecular weight excluding hydrogens is 256 g/mol. The van der Waals surface area contributed by atoms with Gasteiger partial charge in [-0.3, -0.25) is 4.98 Å². The predicted octanol–water partition coefficient (Wildman–Crippen LogP) is 2.51. The van der Waals surface area contributed by atoms with Gasteiger partial charge < -0.3 is 9.26 Å². The van der Waals surface area contributed by atoms with Gasteiger partial charge in [-0.05, 0) is 25.1 Å². The lowest BCUT2D eigenvalue weighted by atomic mass is 10.1. The largest absolute Gasteiger partial charge is 0.481 e. The summed E-state index contributed by atoms with van der Waals surface area (Å²) in [7, 11) is 1.58. The van der Waals surface area contributed by atoms with E-state index in [4.69, 9.17) is 9.26 Å². The number of pyridine rings is 2. The number of hydrogen-bond donors (Lipinski definition) is 0. The summed E-state index contributed by atoms with van der Waals surface area (Å²) in [5.41, 5.74) is 2.52. The van der Waals surface area contributed by atoms with Crippen molar-refractivity contribution >= 4 is 0 Å². The van der Waals surface area contributed by atoms with Crippen molar-refractivity contribution in [3.05, 3.63) is 42.5 Å². The first-order valence-electron chi connectivity index (χ1n) is 6.03. The lowest BCUT2D eigenvalue weighted by Crippen LogP contribution is -1.89. The molecule has 0 aliphatic carbocycles. The second-order valence-corrected chi connectivity index (χ2v) is 4.17. The van der Waals surface area contributed by atoms with Gasteiger partial charge in [0.2, 0.25) is 5.88 Å². The molecule has 0 spiro atoms. The third-order valence-corrected chi connectivity index (χ3v) is 2.78. The van der Waals surface area contributed by atoms with E-state index in [0.29, 0.717) is 17.6 Å². The van der Waals surface area contributed by atoms with Gasteiger partial charge in [0.15, 0.2) is 5.82 Å². The van der Waals surface area contributed by atoms with Gasteiger partial charge in [-0.25, -0.2) is 4.98 Å². The summed E-state index contributed by atoms with van der Waals surface area (Å²) in [6.45, 7) is 1.78. The first-order chi connectivity index (χ1) is 9.76. The molecule has 0 N–H and O–H groups in total. The summed E-state index contributed by atoms with van der Waals surface area (Å²) >= 11 is 0. The van der Waals surface area contributed by atoms with E-state index in [0.717, 1.165) is 16.8 Å². The van der Waals surface area contributed by atoms with Crippen LogP contribution in [0.5, 0.6) is 5.88 Å². The SMILES string of the molecule is COc1ccc(-c2ccc(-c3nc(C)no3)cn2)cn1. The summed E-state index contributed by atoms with van der Waals surface area (Å²) in [5.74, 6) is 1.64. The molecule has 3 heterocycles. The monoisotopic (exact) mass is 268 g/mol. The van der Waals surface area contributed by atoms with Gasteiger partial charge in [0.1, 0.15) is 0 Å². The molecule has 3 aromatic rings. The molecule has 100 valence electrons.